The molecule has 0 aromatic heterocycles. The molecule has 0 bridgehead atoms. The van der Waals surface area contributed by atoms with Crippen LogP contribution in [-0.4, -0.2) is 5.78 Å². The molecule has 0 amide bonds. The van der Waals surface area contributed by atoms with Gasteiger partial charge in [0.2, 0.25) is 0 Å². The molecule has 0 aliphatic rings. The average molecular weight is 253 g/mol. The molecule has 0 aliphatic heterocycles. The van der Waals surface area contributed by atoms with Crippen LogP contribution in [0.4, 0.5) is 0 Å². The van der Waals surface area contributed by atoms with Crippen molar-refractivity contribution in [3.63, 3.8) is 0 Å². The quantitative estimate of drug-likeness (QED) is 0.762. The highest BCUT2D eigenvalue weighted by atomic mass is 35.5. The predicted octanol–water partition coefficient (Wildman–Crippen LogP) is 4.69. The zero-order chi connectivity index (χ0) is 13.2. The van der Waals surface area contributed by atoms with Gasteiger partial charge in [-0.2, -0.15) is 0 Å². The minimum absolute atomic E-state index is 0.0488. The Balaban J connectivity index is 3.10. The number of ketones is 1. The minimum Gasteiger partial charge on any atom is -0.298 e. The van der Waals surface area contributed by atoms with Crippen LogP contribution in [0.2, 0.25) is 5.02 Å². The van der Waals surface area contributed by atoms with Crippen molar-refractivity contribution >= 4 is 17.4 Å². The average Bonchev–Trinajstić information content (AvgIpc) is 2.19. The number of halogens is 1. The largest absolute Gasteiger partial charge is 0.298 e. The van der Waals surface area contributed by atoms with Crippen molar-refractivity contribution in [2.75, 3.05) is 0 Å². The van der Waals surface area contributed by atoms with Gasteiger partial charge in [-0.3, -0.25) is 4.79 Å². The van der Waals surface area contributed by atoms with Gasteiger partial charge in [-0.05, 0) is 23.6 Å². The van der Waals surface area contributed by atoms with Crippen molar-refractivity contribution in [3.8, 4) is 0 Å². The molecule has 1 aromatic rings. The molecule has 17 heavy (non-hydrogen) atoms. The fraction of sp³-hybridized carbons (Fsp3) is 0.533. The lowest BCUT2D eigenvalue weighted by atomic mass is 9.75. The zero-order valence-corrected chi connectivity index (χ0v) is 12.0. The molecule has 1 aromatic carbocycles. The molecule has 94 valence electrons. The smallest absolute Gasteiger partial charge is 0.145 e. The van der Waals surface area contributed by atoms with E-state index in [-0.39, 0.29) is 17.1 Å². The summed E-state index contributed by atoms with van der Waals surface area (Å²) in [6.07, 6.45) is 0. The van der Waals surface area contributed by atoms with Gasteiger partial charge in [0, 0.05) is 16.4 Å². The van der Waals surface area contributed by atoms with E-state index >= 15 is 0 Å². The fourth-order valence-corrected chi connectivity index (χ4v) is 2.10. The third-order valence-corrected chi connectivity index (χ3v) is 3.17. The van der Waals surface area contributed by atoms with Crippen molar-refractivity contribution in [1.82, 2.24) is 0 Å². The maximum Gasteiger partial charge on any atom is 0.145 e. The SMILES string of the molecule is CC(C)C(C(=O)C(C)(C)C)c1ccc(Cl)cc1. The van der Waals surface area contributed by atoms with Crippen LogP contribution in [0.25, 0.3) is 0 Å². The summed E-state index contributed by atoms with van der Waals surface area (Å²) in [4.78, 5) is 12.5. The second kappa shape index (κ2) is 5.22. The Kier molecular flexibility index (Phi) is 4.37. The molecule has 0 radical (unpaired) electrons. The molecular formula is C15H21ClO. The number of hydrogen-bond acceptors (Lipinski definition) is 1. The summed E-state index contributed by atoms with van der Waals surface area (Å²) in [5.74, 6) is 0.532. The summed E-state index contributed by atoms with van der Waals surface area (Å²) in [6, 6.07) is 7.61. The summed E-state index contributed by atoms with van der Waals surface area (Å²) in [6.45, 7) is 10.1. The molecular weight excluding hydrogens is 232 g/mol. The first kappa shape index (κ1) is 14.2. The number of carbonyl (C=O) groups is 1. The van der Waals surface area contributed by atoms with Gasteiger partial charge in [0.1, 0.15) is 5.78 Å². The van der Waals surface area contributed by atoms with Gasteiger partial charge >= 0.3 is 0 Å². The maximum atomic E-state index is 12.5. The lowest BCUT2D eigenvalue weighted by Crippen LogP contribution is -2.29. The number of hydrogen-bond donors (Lipinski definition) is 0. The van der Waals surface area contributed by atoms with Crippen LogP contribution < -0.4 is 0 Å². The van der Waals surface area contributed by atoms with E-state index in [1.54, 1.807) is 0 Å². The van der Waals surface area contributed by atoms with E-state index in [1.807, 2.05) is 45.0 Å². The van der Waals surface area contributed by atoms with Crippen molar-refractivity contribution in [2.45, 2.75) is 40.5 Å². The minimum atomic E-state index is -0.311. The highest BCUT2D eigenvalue weighted by Gasteiger charge is 2.32. The molecule has 0 aliphatic carbocycles. The predicted molar refractivity (Wildman–Crippen MR) is 73.5 cm³/mol. The fourth-order valence-electron chi connectivity index (χ4n) is 1.98. The van der Waals surface area contributed by atoms with E-state index in [4.69, 9.17) is 11.6 Å². The van der Waals surface area contributed by atoms with Crippen molar-refractivity contribution in [2.24, 2.45) is 11.3 Å². The number of rotatable bonds is 3. The first-order chi connectivity index (χ1) is 7.73. The van der Waals surface area contributed by atoms with Crippen LogP contribution in [0.5, 0.6) is 0 Å². The molecule has 0 saturated heterocycles. The molecule has 2 heteroatoms. The number of carbonyl (C=O) groups excluding carboxylic acids is 1. The van der Waals surface area contributed by atoms with Crippen LogP contribution in [-0.2, 0) is 4.79 Å². The molecule has 0 spiro atoms. The highest BCUT2D eigenvalue weighted by molar-refractivity contribution is 6.30. The van der Waals surface area contributed by atoms with E-state index in [1.165, 1.54) is 0 Å². The molecule has 0 fully saturated rings. The second-order valence-corrected chi connectivity index (χ2v) is 6.32. The van der Waals surface area contributed by atoms with Crippen molar-refractivity contribution in [1.29, 1.82) is 0 Å². The molecule has 1 atom stereocenters. The summed E-state index contributed by atoms with van der Waals surface area (Å²) < 4.78 is 0. The first-order valence-electron chi connectivity index (χ1n) is 6.03. The van der Waals surface area contributed by atoms with Gasteiger partial charge in [0.05, 0.1) is 0 Å². The monoisotopic (exact) mass is 252 g/mol. The standard InChI is InChI=1S/C15H21ClO/c1-10(2)13(14(17)15(3,4)5)11-6-8-12(16)9-7-11/h6-10,13H,1-5H3. The number of benzene rings is 1. The van der Waals surface area contributed by atoms with Crippen molar-refractivity contribution < 1.29 is 4.79 Å². The van der Waals surface area contributed by atoms with E-state index in [0.29, 0.717) is 10.9 Å². The highest BCUT2D eigenvalue weighted by Crippen LogP contribution is 2.33. The molecule has 0 N–H and O–H groups in total. The lowest BCUT2D eigenvalue weighted by Gasteiger charge is -2.27. The number of Topliss-reactive ketones (excluding diaryl/α,β-unsaturated/α-hetero) is 1. The van der Waals surface area contributed by atoms with Gasteiger partial charge in [0.15, 0.2) is 0 Å². The third-order valence-electron chi connectivity index (χ3n) is 2.92. The Morgan fingerprint density at radius 1 is 1.12 bits per heavy atom. The Bertz CT molecular complexity index is 384. The van der Waals surface area contributed by atoms with Crippen LogP contribution >= 0.6 is 11.6 Å². The van der Waals surface area contributed by atoms with Crippen LogP contribution in [0.15, 0.2) is 24.3 Å². The van der Waals surface area contributed by atoms with Gasteiger partial charge in [-0.25, -0.2) is 0 Å². The van der Waals surface area contributed by atoms with Crippen LogP contribution in [0, 0.1) is 11.3 Å². The van der Waals surface area contributed by atoms with Crippen molar-refractivity contribution in [3.05, 3.63) is 34.9 Å². The Labute approximate surface area is 109 Å². The molecule has 1 rings (SSSR count). The Morgan fingerprint density at radius 2 is 1.59 bits per heavy atom. The summed E-state index contributed by atoms with van der Waals surface area (Å²) >= 11 is 5.88. The maximum absolute atomic E-state index is 12.5. The first-order valence-corrected chi connectivity index (χ1v) is 6.41. The Morgan fingerprint density at radius 3 is 1.94 bits per heavy atom. The van der Waals surface area contributed by atoms with E-state index in [2.05, 4.69) is 13.8 Å². The third kappa shape index (κ3) is 3.57. The molecule has 1 unspecified atom stereocenters. The van der Waals surface area contributed by atoms with E-state index in [0.717, 1.165) is 5.56 Å². The topological polar surface area (TPSA) is 17.1 Å². The van der Waals surface area contributed by atoms with Crippen LogP contribution in [0.3, 0.4) is 0 Å². The summed E-state index contributed by atoms with van der Waals surface area (Å²) in [7, 11) is 0. The lowest BCUT2D eigenvalue weighted by molar-refractivity contribution is -0.128. The van der Waals surface area contributed by atoms with Gasteiger partial charge in [-0.1, -0.05) is 58.4 Å². The second-order valence-electron chi connectivity index (χ2n) is 5.89. The molecule has 0 heterocycles. The Hall–Kier alpha value is -0.820. The van der Waals surface area contributed by atoms with E-state index in [9.17, 15) is 4.79 Å². The summed E-state index contributed by atoms with van der Waals surface area (Å²) in [5, 5.41) is 0.708. The molecule has 0 saturated carbocycles. The normalized spacial score (nSPS) is 13.8. The zero-order valence-electron chi connectivity index (χ0n) is 11.3. The van der Waals surface area contributed by atoms with Gasteiger partial charge in [-0.15, -0.1) is 0 Å². The van der Waals surface area contributed by atoms with E-state index < -0.39 is 0 Å². The van der Waals surface area contributed by atoms with Gasteiger partial charge in [0.25, 0.3) is 0 Å². The van der Waals surface area contributed by atoms with Crippen LogP contribution in [0.1, 0.15) is 46.1 Å². The van der Waals surface area contributed by atoms with Gasteiger partial charge < -0.3 is 0 Å². The summed E-state index contributed by atoms with van der Waals surface area (Å²) in [5.41, 5.74) is 0.749. The molecule has 1 nitrogen and oxygen atoms in total.